The molecule has 0 radical (unpaired) electrons. The van der Waals surface area contributed by atoms with E-state index in [1.807, 2.05) is 4.90 Å². The van der Waals surface area contributed by atoms with E-state index in [4.69, 9.17) is 10.5 Å². The smallest absolute Gasteiger partial charge is 0.356 e. The topological polar surface area (TPSA) is 77.7 Å². The summed E-state index contributed by atoms with van der Waals surface area (Å²) in [5.41, 5.74) is 6.77. The van der Waals surface area contributed by atoms with E-state index in [0.29, 0.717) is 30.6 Å². The molecule has 0 aliphatic heterocycles. The predicted octanol–water partition coefficient (Wildman–Crippen LogP) is 1.56. The zero-order valence-corrected chi connectivity index (χ0v) is 12.5. The molecule has 0 saturated carbocycles. The molecule has 0 aromatic carbocycles. The zero-order chi connectivity index (χ0) is 15.1. The van der Waals surface area contributed by atoms with E-state index in [0.717, 1.165) is 6.54 Å². The van der Waals surface area contributed by atoms with Crippen molar-refractivity contribution in [3.05, 3.63) is 17.8 Å². The Kier molecular flexibility index (Phi) is 6.24. The minimum Gasteiger partial charge on any atom is -0.464 e. The fourth-order valence-electron chi connectivity index (χ4n) is 1.86. The van der Waals surface area contributed by atoms with E-state index in [2.05, 4.69) is 23.6 Å². The number of anilines is 2. The van der Waals surface area contributed by atoms with Crippen LogP contribution in [0.15, 0.2) is 12.1 Å². The number of esters is 1. The van der Waals surface area contributed by atoms with Crippen LogP contribution in [0.1, 0.15) is 24.3 Å². The van der Waals surface area contributed by atoms with Crippen LogP contribution in [0.5, 0.6) is 0 Å². The van der Waals surface area contributed by atoms with Crippen LogP contribution in [0.3, 0.4) is 0 Å². The summed E-state index contributed by atoms with van der Waals surface area (Å²) in [5, 5.41) is 0. The number of pyridine rings is 1. The fourth-order valence-corrected chi connectivity index (χ4v) is 1.86. The van der Waals surface area contributed by atoms with Gasteiger partial charge in [-0.25, -0.2) is 9.78 Å². The molecule has 0 saturated heterocycles. The molecular weight excluding hydrogens is 258 g/mol. The van der Waals surface area contributed by atoms with Crippen molar-refractivity contribution >= 4 is 17.5 Å². The summed E-state index contributed by atoms with van der Waals surface area (Å²) in [6.07, 6.45) is 0. The van der Waals surface area contributed by atoms with E-state index >= 15 is 0 Å². The van der Waals surface area contributed by atoms with Crippen molar-refractivity contribution in [3.8, 4) is 0 Å². The molecule has 0 fully saturated rings. The largest absolute Gasteiger partial charge is 0.464 e. The van der Waals surface area contributed by atoms with Crippen molar-refractivity contribution in [3.63, 3.8) is 0 Å². The highest BCUT2D eigenvalue weighted by Gasteiger charge is 2.16. The lowest BCUT2D eigenvalue weighted by Gasteiger charge is -2.26. The number of ether oxygens (including phenoxy) is 2. The average Bonchev–Trinajstić information content (AvgIpc) is 2.43. The van der Waals surface area contributed by atoms with E-state index in [1.54, 1.807) is 19.2 Å². The van der Waals surface area contributed by atoms with Gasteiger partial charge in [0.1, 0.15) is 0 Å². The minimum atomic E-state index is -0.470. The first-order valence-electron chi connectivity index (χ1n) is 6.58. The van der Waals surface area contributed by atoms with E-state index < -0.39 is 5.97 Å². The molecular formula is C14H23N3O3. The number of nitrogen functional groups attached to an aromatic ring is 1. The van der Waals surface area contributed by atoms with Crippen molar-refractivity contribution in [1.29, 1.82) is 0 Å². The van der Waals surface area contributed by atoms with Crippen LogP contribution in [0, 0.1) is 5.92 Å². The van der Waals surface area contributed by atoms with Gasteiger partial charge >= 0.3 is 5.97 Å². The first kappa shape index (κ1) is 16.2. The van der Waals surface area contributed by atoms with Gasteiger partial charge in [0.25, 0.3) is 0 Å². The third-order valence-electron chi connectivity index (χ3n) is 2.75. The van der Waals surface area contributed by atoms with E-state index in [1.165, 1.54) is 7.11 Å². The lowest BCUT2D eigenvalue weighted by Crippen LogP contribution is -2.32. The highest BCUT2D eigenvalue weighted by Crippen LogP contribution is 2.22. The molecule has 112 valence electrons. The maximum Gasteiger partial charge on any atom is 0.356 e. The van der Waals surface area contributed by atoms with Crippen molar-refractivity contribution < 1.29 is 14.3 Å². The molecule has 6 nitrogen and oxygen atoms in total. The summed E-state index contributed by atoms with van der Waals surface area (Å²) in [6.45, 7) is 6.23. The van der Waals surface area contributed by atoms with Crippen molar-refractivity contribution in [2.75, 3.05) is 44.5 Å². The first-order chi connectivity index (χ1) is 9.49. The standard InChI is InChI=1S/C14H23N3O3/c1-10(2)9-17(7-8-19-3)13-11(15)5-6-12(16-13)14(18)20-4/h5-6,10H,7-9,15H2,1-4H3. The Balaban J connectivity index is 3.06. The monoisotopic (exact) mass is 281 g/mol. The van der Waals surface area contributed by atoms with Crippen LogP contribution in [-0.4, -0.2) is 44.9 Å². The molecule has 0 spiro atoms. The Hall–Kier alpha value is -1.82. The van der Waals surface area contributed by atoms with Gasteiger partial charge in [-0.15, -0.1) is 0 Å². The van der Waals surface area contributed by atoms with Crippen LogP contribution < -0.4 is 10.6 Å². The summed E-state index contributed by atoms with van der Waals surface area (Å²) >= 11 is 0. The third kappa shape index (κ3) is 4.38. The van der Waals surface area contributed by atoms with Gasteiger partial charge in [-0.1, -0.05) is 13.8 Å². The number of hydrogen-bond acceptors (Lipinski definition) is 6. The Morgan fingerprint density at radius 3 is 2.65 bits per heavy atom. The minimum absolute atomic E-state index is 0.253. The van der Waals surface area contributed by atoms with Gasteiger partial charge in [0.2, 0.25) is 0 Å². The fraction of sp³-hybridized carbons (Fsp3) is 0.571. The Bertz CT molecular complexity index is 449. The first-order valence-corrected chi connectivity index (χ1v) is 6.58. The van der Waals surface area contributed by atoms with Crippen LogP contribution in [0.2, 0.25) is 0 Å². The Labute approximate surface area is 119 Å². The van der Waals surface area contributed by atoms with Crippen LogP contribution >= 0.6 is 0 Å². The van der Waals surface area contributed by atoms with Crippen molar-refractivity contribution in [1.82, 2.24) is 4.98 Å². The molecule has 1 aromatic heterocycles. The number of methoxy groups -OCH3 is 2. The highest BCUT2D eigenvalue weighted by atomic mass is 16.5. The summed E-state index contributed by atoms with van der Waals surface area (Å²) in [4.78, 5) is 17.9. The molecule has 0 atom stereocenters. The van der Waals surface area contributed by atoms with E-state index in [-0.39, 0.29) is 5.69 Å². The number of aromatic nitrogens is 1. The van der Waals surface area contributed by atoms with Crippen molar-refractivity contribution in [2.45, 2.75) is 13.8 Å². The average molecular weight is 281 g/mol. The zero-order valence-electron chi connectivity index (χ0n) is 12.5. The van der Waals surface area contributed by atoms with E-state index in [9.17, 15) is 4.79 Å². The molecule has 6 heteroatoms. The number of hydrogen-bond donors (Lipinski definition) is 1. The molecule has 1 aromatic rings. The highest BCUT2D eigenvalue weighted by molar-refractivity contribution is 5.88. The second kappa shape index (κ2) is 7.69. The molecule has 0 amide bonds. The molecule has 0 aliphatic rings. The van der Waals surface area contributed by atoms with Gasteiger partial charge in [0.05, 0.1) is 19.4 Å². The summed E-state index contributed by atoms with van der Waals surface area (Å²) in [7, 11) is 2.98. The second-order valence-electron chi connectivity index (χ2n) is 4.93. The number of rotatable bonds is 7. The van der Waals surface area contributed by atoms with Gasteiger partial charge in [-0.3, -0.25) is 0 Å². The second-order valence-corrected chi connectivity index (χ2v) is 4.93. The Morgan fingerprint density at radius 2 is 2.10 bits per heavy atom. The SMILES string of the molecule is COCCN(CC(C)C)c1nc(C(=O)OC)ccc1N. The molecule has 1 rings (SSSR count). The summed E-state index contributed by atoms with van der Waals surface area (Å²) in [6, 6.07) is 3.24. The van der Waals surface area contributed by atoms with Gasteiger partial charge < -0.3 is 20.1 Å². The van der Waals surface area contributed by atoms with Gasteiger partial charge in [-0.05, 0) is 18.1 Å². The van der Waals surface area contributed by atoms with Crippen LogP contribution in [0.25, 0.3) is 0 Å². The van der Waals surface area contributed by atoms with Crippen LogP contribution in [0.4, 0.5) is 11.5 Å². The third-order valence-corrected chi connectivity index (χ3v) is 2.75. The Morgan fingerprint density at radius 1 is 1.40 bits per heavy atom. The number of carbonyl (C=O) groups excluding carboxylic acids is 1. The molecule has 0 unspecified atom stereocenters. The molecule has 1 heterocycles. The molecule has 0 bridgehead atoms. The molecule has 20 heavy (non-hydrogen) atoms. The van der Waals surface area contributed by atoms with Gasteiger partial charge in [-0.2, -0.15) is 0 Å². The number of nitrogens with zero attached hydrogens (tertiary/aromatic N) is 2. The maximum atomic E-state index is 11.6. The summed E-state index contributed by atoms with van der Waals surface area (Å²) < 4.78 is 9.80. The normalized spacial score (nSPS) is 10.7. The van der Waals surface area contributed by atoms with Gasteiger partial charge in [0.15, 0.2) is 11.5 Å². The molecule has 2 N–H and O–H groups in total. The van der Waals surface area contributed by atoms with Crippen LogP contribution in [-0.2, 0) is 9.47 Å². The molecule has 0 aliphatic carbocycles. The predicted molar refractivity (Wildman–Crippen MR) is 78.9 cm³/mol. The van der Waals surface area contributed by atoms with Gasteiger partial charge in [0, 0.05) is 20.2 Å². The lowest BCUT2D eigenvalue weighted by atomic mass is 10.2. The lowest BCUT2D eigenvalue weighted by molar-refractivity contribution is 0.0594. The summed E-state index contributed by atoms with van der Waals surface area (Å²) in [5.74, 6) is 0.566. The maximum absolute atomic E-state index is 11.6. The number of carbonyl (C=O) groups is 1. The quantitative estimate of drug-likeness (QED) is 0.764. The van der Waals surface area contributed by atoms with Crippen molar-refractivity contribution in [2.24, 2.45) is 5.92 Å². The number of nitrogens with two attached hydrogens (primary N) is 1.